The van der Waals surface area contributed by atoms with Gasteiger partial charge in [0.25, 0.3) is 0 Å². The number of rotatable bonds is 4. The van der Waals surface area contributed by atoms with E-state index in [0.29, 0.717) is 18.1 Å². The fourth-order valence-electron chi connectivity index (χ4n) is 4.02. The molecule has 1 aliphatic heterocycles. The molecule has 0 aliphatic carbocycles. The molecule has 3 aromatic rings. The van der Waals surface area contributed by atoms with Crippen LogP contribution in [0.15, 0.2) is 41.2 Å². The van der Waals surface area contributed by atoms with Crippen molar-refractivity contribution in [3.05, 3.63) is 79.6 Å². The highest BCUT2D eigenvalue weighted by molar-refractivity contribution is 6.31. The van der Waals surface area contributed by atoms with Crippen LogP contribution in [-0.4, -0.2) is 28.9 Å². The van der Waals surface area contributed by atoms with Crippen molar-refractivity contribution < 1.29 is 4.79 Å². The van der Waals surface area contributed by atoms with Gasteiger partial charge in [-0.2, -0.15) is 0 Å². The van der Waals surface area contributed by atoms with Gasteiger partial charge in [0, 0.05) is 47.7 Å². The third-order valence-corrected chi connectivity index (χ3v) is 5.87. The van der Waals surface area contributed by atoms with Gasteiger partial charge < -0.3 is 10.3 Å². The molecule has 150 valence electrons. The molecule has 1 aliphatic rings. The van der Waals surface area contributed by atoms with Crippen molar-refractivity contribution in [2.75, 3.05) is 13.1 Å². The van der Waals surface area contributed by atoms with Crippen molar-refractivity contribution in [2.45, 2.75) is 33.4 Å². The number of hydrogen-bond acceptors (Lipinski definition) is 3. The number of aryl methyl sites for hydroxylation is 2. The fourth-order valence-corrected chi connectivity index (χ4v) is 4.22. The molecule has 0 saturated heterocycles. The Bertz CT molecular complexity index is 1150. The van der Waals surface area contributed by atoms with Crippen LogP contribution >= 0.6 is 11.6 Å². The highest BCUT2D eigenvalue weighted by atomic mass is 35.5. The Kier molecular flexibility index (Phi) is 5.43. The van der Waals surface area contributed by atoms with Crippen LogP contribution in [0.4, 0.5) is 0 Å². The Morgan fingerprint density at radius 3 is 2.83 bits per heavy atom. The molecule has 0 fully saturated rings. The number of pyridine rings is 1. The third-order valence-electron chi connectivity index (χ3n) is 5.50. The number of halogens is 1. The van der Waals surface area contributed by atoms with E-state index in [2.05, 4.69) is 16.4 Å². The zero-order valence-electron chi connectivity index (χ0n) is 16.6. The summed E-state index contributed by atoms with van der Waals surface area (Å²) in [6.45, 7) is 5.89. The lowest BCUT2D eigenvalue weighted by Gasteiger charge is -2.28. The number of carbonyl (C=O) groups is 1. The van der Waals surface area contributed by atoms with E-state index in [1.165, 1.54) is 0 Å². The number of hydrogen-bond donors (Lipinski definition) is 2. The molecule has 0 radical (unpaired) electrons. The monoisotopic (exact) mass is 409 g/mol. The van der Waals surface area contributed by atoms with Crippen LogP contribution in [0.5, 0.6) is 0 Å². The van der Waals surface area contributed by atoms with Gasteiger partial charge in [0.2, 0.25) is 5.91 Å². The van der Waals surface area contributed by atoms with E-state index < -0.39 is 0 Å². The average molecular weight is 410 g/mol. The van der Waals surface area contributed by atoms with Crippen LogP contribution in [0, 0.1) is 13.8 Å². The highest BCUT2D eigenvalue weighted by Gasteiger charge is 2.23. The molecule has 1 amide bonds. The molecule has 2 heterocycles. The van der Waals surface area contributed by atoms with E-state index in [1.807, 2.05) is 49.1 Å². The minimum atomic E-state index is -0.0720. The van der Waals surface area contributed by atoms with Crippen LogP contribution in [-0.2, 0) is 24.3 Å². The first-order chi connectivity index (χ1) is 13.9. The van der Waals surface area contributed by atoms with Crippen molar-refractivity contribution in [1.29, 1.82) is 0 Å². The first-order valence-corrected chi connectivity index (χ1v) is 10.2. The van der Waals surface area contributed by atoms with Gasteiger partial charge in [-0.15, -0.1) is 0 Å². The number of amides is 1. The number of nitrogens with zero attached hydrogens (tertiary/aromatic N) is 1. The highest BCUT2D eigenvalue weighted by Crippen LogP contribution is 2.21. The molecule has 2 aromatic carbocycles. The minimum absolute atomic E-state index is 0.0710. The molecule has 29 heavy (non-hydrogen) atoms. The number of fused-ring (bicyclic) bond motifs is 2. The second kappa shape index (κ2) is 8.01. The quantitative estimate of drug-likeness (QED) is 0.693. The van der Waals surface area contributed by atoms with Crippen molar-refractivity contribution in [3.8, 4) is 0 Å². The molecule has 0 spiro atoms. The van der Waals surface area contributed by atoms with Gasteiger partial charge >= 0.3 is 0 Å². The molecular weight excluding hydrogens is 386 g/mol. The van der Waals surface area contributed by atoms with Crippen LogP contribution in [0.1, 0.15) is 27.9 Å². The number of H-pyrrole nitrogens is 1. The first-order valence-electron chi connectivity index (χ1n) is 9.80. The number of nitrogens with one attached hydrogen (secondary N) is 2. The van der Waals surface area contributed by atoms with Gasteiger partial charge in [0.05, 0.1) is 12.1 Å². The van der Waals surface area contributed by atoms with Crippen LogP contribution in [0.25, 0.3) is 10.9 Å². The van der Waals surface area contributed by atoms with Crippen molar-refractivity contribution in [1.82, 2.24) is 15.2 Å². The molecule has 4 rings (SSSR count). The van der Waals surface area contributed by atoms with Crippen molar-refractivity contribution >= 4 is 28.4 Å². The van der Waals surface area contributed by atoms with E-state index in [4.69, 9.17) is 11.6 Å². The maximum absolute atomic E-state index is 13.1. The summed E-state index contributed by atoms with van der Waals surface area (Å²) in [5.41, 5.74) is 5.80. The van der Waals surface area contributed by atoms with Gasteiger partial charge in [0.15, 0.2) is 5.43 Å². The summed E-state index contributed by atoms with van der Waals surface area (Å²) in [6.07, 6.45) is 0.728. The zero-order valence-corrected chi connectivity index (χ0v) is 17.4. The first kappa shape index (κ1) is 19.7. The van der Waals surface area contributed by atoms with Crippen molar-refractivity contribution in [3.63, 3.8) is 0 Å². The molecule has 0 saturated carbocycles. The topological polar surface area (TPSA) is 65.2 Å². The Hall–Kier alpha value is -2.63. The average Bonchev–Trinajstić information content (AvgIpc) is 2.69. The Labute approximate surface area is 174 Å². The Morgan fingerprint density at radius 2 is 2.03 bits per heavy atom. The van der Waals surface area contributed by atoms with E-state index in [0.717, 1.165) is 51.8 Å². The number of carbonyl (C=O) groups excluding carboxylic acids is 1. The number of aromatic amines is 1. The molecule has 2 N–H and O–H groups in total. The summed E-state index contributed by atoms with van der Waals surface area (Å²) in [7, 11) is 0. The largest absolute Gasteiger partial charge is 0.358 e. The molecule has 0 bridgehead atoms. The van der Waals surface area contributed by atoms with Crippen LogP contribution in [0.3, 0.4) is 0 Å². The second-order valence-corrected chi connectivity index (χ2v) is 8.15. The zero-order chi connectivity index (χ0) is 20.5. The summed E-state index contributed by atoms with van der Waals surface area (Å²) < 4.78 is 0. The lowest BCUT2D eigenvalue weighted by atomic mass is 9.99. The van der Waals surface area contributed by atoms with Gasteiger partial charge in [-0.25, -0.2) is 0 Å². The summed E-state index contributed by atoms with van der Waals surface area (Å²) in [5.74, 6) is -0.0720. The summed E-state index contributed by atoms with van der Waals surface area (Å²) >= 11 is 6.14. The summed E-state index contributed by atoms with van der Waals surface area (Å²) in [4.78, 5) is 31.0. The summed E-state index contributed by atoms with van der Waals surface area (Å²) in [5, 5.41) is 4.29. The van der Waals surface area contributed by atoms with Gasteiger partial charge in [-0.3, -0.25) is 14.5 Å². The molecule has 1 aromatic heterocycles. The molecule has 5 nitrogen and oxygen atoms in total. The fraction of sp³-hybridized carbons (Fsp3) is 0.304. The second-order valence-electron chi connectivity index (χ2n) is 7.74. The standard InChI is InChI=1S/C23H24ClN3O2/c1-14-9-15(2)22-17(10-14)23(29)18-12-27(8-7-20(18)26-22)13-21(28)25-11-16-5-3-4-6-19(16)24/h3-6,9-10H,7-8,11-13H2,1-2H3,(H,25,28)(H,26,29). The van der Waals surface area contributed by atoms with Gasteiger partial charge in [0.1, 0.15) is 0 Å². The van der Waals surface area contributed by atoms with Crippen molar-refractivity contribution in [2.24, 2.45) is 0 Å². The van der Waals surface area contributed by atoms with E-state index >= 15 is 0 Å². The smallest absolute Gasteiger partial charge is 0.234 e. The molecule has 6 heteroatoms. The van der Waals surface area contributed by atoms with Gasteiger partial charge in [-0.05, 0) is 42.7 Å². The molecule has 0 atom stereocenters. The number of benzene rings is 2. The lowest BCUT2D eigenvalue weighted by molar-refractivity contribution is -0.122. The van der Waals surface area contributed by atoms with Gasteiger partial charge in [-0.1, -0.05) is 35.9 Å². The minimum Gasteiger partial charge on any atom is -0.358 e. The maximum Gasteiger partial charge on any atom is 0.234 e. The number of aromatic nitrogens is 1. The lowest BCUT2D eigenvalue weighted by Crippen LogP contribution is -2.41. The van der Waals surface area contributed by atoms with E-state index in [-0.39, 0.29) is 17.9 Å². The normalized spacial score (nSPS) is 14.0. The predicted octanol–water partition coefficient (Wildman–Crippen LogP) is 3.47. The Balaban J connectivity index is 1.48. The Morgan fingerprint density at radius 1 is 1.24 bits per heavy atom. The third kappa shape index (κ3) is 4.07. The van der Waals surface area contributed by atoms with Crippen LogP contribution < -0.4 is 10.7 Å². The van der Waals surface area contributed by atoms with E-state index in [1.54, 1.807) is 0 Å². The summed E-state index contributed by atoms with van der Waals surface area (Å²) in [6, 6.07) is 11.5. The van der Waals surface area contributed by atoms with E-state index in [9.17, 15) is 9.59 Å². The molecule has 0 unspecified atom stereocenters. The molecular formula is C23H24ClN3O2. The predicted molar refractivity (Wildman–Crippen MR) is 116 cm³/mol. The maximum atomic E-state index is 13.1. The SMILES string of the molecule is Cc1cc(C)c2[nH]c3c(c(=O)c2c1)CN(CC(=O)NCc1ccccc1Cl)CC3. The van der Waals surface area contributed by atoms with Crippen LogP contribution in [0.2, 0.25) is 5.02 Å².